The van der Waals surface area contributed by atoms with Crippen LogP contribution in [0, 0.1) is 50.7 Å². The molecule has 8 atom stereocenters. The minimum Gasteiger partial charge on any atom is -0.300 e. The summed E-state index contributed by atoms with van der Waals surface area (Å²) in [6, 6.07) is 0. The quantitative estimate of drug-likeness (QED) is 0.405. The van der Waals surface area contributed by atoms with E-state index in [9.17, 15) is 4.79 Å². The monoisotopic (exact) mass is 424 g/mol. The predicted molar refractivity (Wildman–Crippen MR) is 130 cm³/mol. The summed E-state index contributed by atoms with van der Waals surface area (Å²) in [4.78, 5) is 12.2. The van der Waals surface area contributed by atoms with Crippen LogP contribution < -0.4 is 0 Å². The van der Waals surface area contributed by atoms with Crippen molar-refractivity contribution in [3.63, 3.8) is 0 Å². The Morgan fingerprint density at radius 1 is 1.06 bits per heavy atom. The van der Waals surface area contributed by atoms with Crippen LogP contribution in [0.25, 0.3) is 0 Å². The summed E-state index contributed by atoms with van der Waals surface area (Å²) in [5, 5.41) is 0. The fourth-order valence-electron chi connectivity index (χ4n) is 10.4. The van der Waals surface area contributed by atoms with Gasteiger partial charge in [0.05, 0.1) is 0 Å². The Kier molecular flexibility index (Phi) is 4.82. The summed E-state index contributed by atoms with van der Waals surface area (Å²) >= 11 is 0. The molecule has 5 aliphatic rings. The Balaban J connectivity index is 1.36. The molecule has 0 aliphatic heterocycles. The van der Waals surface area contributed by atoms with Crippen LogP contribution in [-0.4, -0.2) is 5.78 Å². The maximum atomic E-state index is 12.2. The maximum Gasteiger partial charge on any atom is 0.133 e. The van der Waals surface area contributed by atoms with Crippen LogP contribution in [0.2, 0.25) is 0 Å². The Hall–Kier alpha value is -0.590. The number of carbonyl (C=O) groups excluding carboxylic acids is 1. The van der Waals surface area contributed by atoms with Crippen LogP contribution in [0.1, 0.15) is 119 Å². The summed E-state index contributed by atoms with van der Waals surface area (Å²) in [6.07, 6.45) is 15.7. The third-order valence-electron chi connectivity index (χ3n) is 13.1. The molecular formula is C30H48O. The lowest BCUT2D eigenvalue weighted by Gasteiger charge is -2.61. The molecule has 0 saturated heterocycles. The van der Waals surface area contributed by atoms with Gasteiger partial charge in [-0.3, -0.25) is 4.79 Å². The van der Waals surface area contributed by atoms with Gasteiger partial charge in [0.15, 0.2) is 0 Å². The lowest BCUT2D eigenvalue weighted by Crippen LogP contribution is -2.54. The van der Waals surface area contributed by atoms with Crippen molar-refractivity contribution in [2.24, 2.45) is 50.7 Å². The fraction of sp³-hybridized carbons (Fsp3) is 0.900. The molecule has 0 amide bonds. The zero-order valence-corrected chi connectivity index (χ0v) is 21.4. The topological polar surface area (TPSA) is 17.1 Å². The van der Waals surface area contributed by atoms with Crippen molar-refractivity contribution < 1.29 is 4.79 Å². The Labute approximate surface area is 192 Å². The highest BCUT2D eigenvalue weighted by molar-refractivity contribution is 5.80. The van der Waals surface area contributed by atoms with E-state index >= 15 is 0 Å². The zero-order chi connectivity index (χ0) is 22.4. The highest BCUT2D eigenvalue weighted by Gasteiger charge is 2.80. The average molecular weight is 425 g/mol. The van der Waals surface area contributed by atoms with Crippen LogP contribution in [0.15, 0.2) is 12.2 Å². The first-order valence-electron chi connectivity index (χ1n) is 13.6. The molecule has 31 heavy (non-hydrogen) atoms. The zero-order valence-electron chi connectivity index (χ0n) is 21.4. The molecule has 1 nitrogen and oxygen atoms in total. The van der Waals surface area contributed by atoms with Gasteiger partial charge in [-0.25, -0.2) is 0 Å². The molecule has 0 aromatic heterocycles. The molecule has 174 valence electrons. The number of hydrogen-bond acceptors (Lipinski definition) is 1. The SMILES string of the molecule is C=C(C)C(C)(C)CC[C@H](C)[C@H]1CC[C@@]2(C)[C@@H]3CC[C@H]4CC(=O)CC[C@@]45C[C@@]35CC[C@]12C. The molecule has 0 heterocycles. The van der Waals surface area contributed by atoms with E-state index in [0.29, 0.717) is 27.4 Å². The smallest absolute Gasteiger partial charge is 0.133 e. The predicted octanol–water partition coefficient (Wildman–Crippen LogP) is 8.38. The first kappa shape index (κ1) is 22.2. The van der Waals surface area contributed by atoms with Crippen LogP contribution in [-0.2, 0) is 4.79 Å². The second-order valence-electron chi connectivity index (χ2n) is 14.2. The highest BCUT2D eigenvalue weighted by atomic mass is 16.1. The van der Waals surface area contributed by atoms with Crippen molar-refractivity contribution >= 4 is 5.78 Å². The molecule has 0 radical (unpaired) electrons. The molecule has 5 saturated carbocycles. The molecule has 5 fully saturated rings. The first-order valence-corrected chi connectivity index (χ1v) is 13.6. The van der Waals surface area contributed by atoms with Gasteiger partial charge >= 0.3 is 0 Å². The molecule has 0 aromatic rings. The molecule has 0 aromatic carbocycles. The van der Waals surface area contributed by atoms with E-state index in [1.165, 1.54) is 69.8 Å². The summed E-state index contributed by atoms with van der Waals surface area (Å²) < 4.78 is 0. The van der Waals surface area contributed by atoms with Gasteiger partial charge in [0.2, 0.25) is 0 Å². The standard InChI is InChI=1S/C30H48O/c1-20(2)26(4,5)13-10-21(3)24-12-14-28(7)25-9-8-22-18-23(31)11-15-29(22)19-30(25,29)17-16-27(24,28)6/h21-22,24-25H,1,8-19H2,2-7H3/t21-,22-,24+,25-,27+,28-,29+,30-/m0/s1. The van der Waals surface area contributed by atoms with Crippen LogP contribution in [0.4, 0.5) is 0 Å². The van der Waals surface area contributed by atoms with Crippen molar-refractivity contribution in [1.29, 1.82) is 0 Å². The summed E-state index contributed by atoms with van der Waals surface area (Å²) in [6.45, 7) is 19.2. The van der Waals surface area contributed by atoms with Gasteiger partial charge in [0.25, 0.3) is 0 Å². The molecule has 5 aliphatic carbocycles. The van der Waals surface area contributed by atoms with Crippen molar-refractivity contribution in [2.75, 3.05) is 0 Å². The lowest BCUT2D eigenvalue weighted by atomic mass is 9.43. The van der Waals surface area contributed by atoms with Gasteiger partial charge in [-0.15, -0.1) is 0 Å². The van der Waals surface area contributed by atoms with E-state index in [0.717, 1.165) is 36.5 Å². The fourth-order valence-corrected chi connectivity index (χ4v) is 10.4. The van der Waals surface area contributed by atoms with Crippen LogP contribution in [0.3, 0.4) is 0 Å². The van der Waals surface area contributed by atoms with Gasteiger partial charge in [-0.1, -0.05) is 46.8 Å². The van der Waals surface area contributed by atoms with E-state index in [-0.39, 0.29) is 5.41 Å². The first-order chi connectivity index (χ1) is 14.4. The van der Waals surface area contributed by atoms with Gasteiger partial charge in [0.1, 0.15) is 5.78 Å². The highest BCUT2D eigenvalue weighted by Crippen LogP contribution is 2.87. The van der Waals surface area contributed by atoms with Gasteiger partial charge in [0, 0.05) is 12.8 Å². The minimum atomic E-state index is 0.269. The van der Waals surface area contributed by atoms with Crippen molar-refractivity contribution in [3.8, 4) is 0 Å². The molecule has 1 heteroatoms. The molecule has 2 spiro atoms. The van der Waals surface area contributed by atoms with Gasteiger partial charge < -0.3 is 0 Å². The molecule has 5 rings (SSSR count). The second kappa shape index (κ2) is 6.73. The summed E-state index contributed by atoms with van der Waals surface area (Å²) in [5.41, 5.74) is 3.82. The second-order valence-corrected chi connectivity index (χ2v) is 14.2. The molecule has 0 bridgehead atoms. The van der Waals surface area contributed by atoms with Gasteiger partial charge in [-0.2, -0.15) is 0 Å². The van der Waals surface area contributed by atoms with E-state index in [4.69, 9.17) is 0 Å². The van der Waals surface area contributed by atoms with Gasteiger partial charge in [-0.05, 0) is 122 Å². The van der Waals surface area contributed by atoms with Crippen molar-refractivity contribution in [2.45, 2.75) is 119 Å². The van der Waals surface area contributed by atoms with Crippen molar-refractivity contribution in [1.82, 2.24) is 0 Å². The number of Topliss-reactive ketones (excluding diaryl/α,β-unsaturated/α-hetero) is 1. The minimum absolute atomic E-state index is 0.269. The van der Waals surface area contributed by atoms with E-state index in [1.807, 2.05) is 0 Å². The molecular weight excluding hydrogens is 376 g/mol. The molecule has 0 unspecified atom stereocenters. The average Bonchev–Trinajstić information content (AvgIpc) is 3.29. The Morgan fingerprint density at radius 3 is 2.52 bits per heavy atom. The number of allylic oxidation sites excluding steroid dienone is 1. The van der Waals surface area contributed by atoms with Crippen LogP contribution in [0.5, 0.6) is 0 Å². The number of carbonyl (C=O) groups is 1. The number of hydrogen-bond donors (Lipinski definition) is 0. The van der Waals surface area contributed by atoms with E-state index < -0.39 is 0 Å². The Morgan fingerprint density at radius 2 is 1.81 bits per heavy atom. The number of ketones is 1. The Bertz CT molecular complexity index is 792. The third kappa shape index (κ3) is 2.76. The third-order valence-corrected chi connectivity index (χ3v) is 13.1. The van der Waals surface area contributed by atoms with E-state index in [1.54, 1.807) is 0 Å². The summed E-state index contributed by atoms with van der Waals surface area (Å²) in [7, 11) is 0. The summed E-state index contributed by atoms with van der Waals surface area (Å²) in [5.74, 6) is 3.92. The van der Waals surface area contributed by atoms with E-state index in [2.05, 4.69) is 48.1 Å². The number of rotatable bonds is 5. The largest absolute Gasteiger partial charge is 0.300 e. The normalized spacial score (nSPS) is 49.5. The van der Waals surface area contributed by atoms with Crippen molar-refractivity contribution in [3.05, 3.63) is 12.2 Å². The van der Waals surface area contributed by atoms with Crippen LogP contribution >= 0.6 is 0 Å². The number of fused-ring (bicyclic) bond motifs is 2. The lowest BCUT2D eigenvalue weighted by molar-refractivity contribution is -0.139. The molecule has 0 N–H and O–H groups in total. The maximum absolute atomic E-state index is 12.2.